The number of carbonyl (C=O) groups excluding carboxylic acids is 1. The minimum atomic E-state index is -1.21. The van der Waals surface area contributed by atoms with Crippen LogP contribution in [0.25, 0.3) is 5.82 Å². The Hall–Kier alpha value is -3.50. The Morgan fingerprint density at radius 2 is 1.88 bits per heavy atom. The highest BCUT2D eigenvalue weighted by Crippen LogP contribution is 2.34. The van der Waals surface area contributed by atoms with Crippen LogP contribution in [0.1, 0.15) is 48.1 Å². The van der Waals surface area contributed by atoms with Gasteiger partial charge >= 0.3 is 0 Å². The Morgan fingerprint density at radius 1 is 1.09 bits per heavy atom. The first-order chi connectivity index (χ1) is 16.0. The Morgan fingerprint density at radius 3 is 2.45 bits per heavy atom. The van der Waals surface area contributed by atoms with Gasteiger partial charge in [0.2, 0.25) is 5.95 Å². The fourth-order valence-electron chi connectivity index (χ4n) is 4.16. The average molecular weight is 452 g/mol. The summed E-state index contributed by atoms with van der Waals surface area (Å²) in [6.45, 7) is 4.56. The minimum absolute atomic E-state index is 0.0480. The lowest BCUT2D eigenvalue weighted by Gasteiger charge is -2.40. The van der Waals surface area contributed by atoms with Gasteiger partial charge in [-0.2, -0.15) is 5.10 Å². The molecule has 0 bridgehead atoms. The van der Waals surface area contributed by atoms with Crippen molar-refractivity contribution in [3.63, 3.8) is 0 Å². The van der Waals surface area contributed by atoms with Gasteiger partial charge in [-0.1, -0.05) is 6.92 Å². The number of alkyl halides is 1. The summed E-state index contributed by atoms with van der Waals surface area (Å²) < 4.78 is 16.9. The molecule has 10 nitrogen and oxygen atoms in total. The molecule has 1 aliphatic heterocycles. The maximum absolute atomic E-state index is 15.4. The molecule has 0 spiro atoms. The van der Waals surface area contributed by atoms with Crippen LogP contribution < -0.4 is 4.90 Å². The number of halogens is 1. The second kappa shape index (κ2) is 8.80. The zero-order valence-corrected chi connectivity index (χ0v) is 18.7. The summed E-state index contributed by atoms with van der Waals surface area (Å²) in [5.74, 6) is 1.33. The van der Waals surface area contributed by atoms with Crippen molar-refractivity contribution in [3.8, 4) is 5.82 Å². The average Bonchev–Trinajstić information content (AvgIpc) is 3.59. The molecular weight excluding hydrogens is 425 g/mol. The molecule has 2 unspecified atom stereocenters. The molecule has 4 heterocycles. The monoisotopic (exact) mass is 451 g/mol. The SMILES string of the molecule is CCc1cnc(N2CCC(N(C(=O)c3cnc(-n4cnc(C)n4)cn3)C3CC3)C(F)C2)nc1. The third kappa shape index (κ3) is 4.39. The first-order valence-electron chi connectivity index (χ1n) is 11.3. The second-order valence-corrected chi connectivity index (χ2v) is 8.50. The van der Waals surface area contributed by atoms with Gasteiger partial charge in [0.25, 0.3) is 5.91 Å². The Balaban J connectivity index is 1.30. The number of amides is 1. The molecule has 33 heavy (non-hydrogen) atoms. The molecule has 1 saturated carbocycles. The minimum Gasteiger partial charge on any atom is -0.338 e. The van der Waals surface area contributed by atoms with E-state index in [4.69, 9.17) is 0 Å². The third-order valence-corrected chi connectivity index (χ3v) is 6.12. The van der Waals surface area contributed by atoms with E-state index in [1.165, 1.54) is 17.1 Å². The van der Waals surface area contributed by atoms with E-state index in [-0.39, 0.29) is 24.2 Å². The van der Waals surface area contributed by atoms with E-state index in [0.29, 0.717) is 30.6 Å². The van der Waals surface area contributed by atoms with Gasteiger partial charge in [0.1, 0.15) is 24.0 Å². The first-order valence-corrected chi connectivity index (χ1v) is 11.3. The summed E-state index contributed by atoms with van der Waals surface area (Å²) in [5, 5.41) is 4.20. The highest BCUT2D eigenvalue weighted by molar-refractivity contribution is 5.92. The largest absolute Gasteiger partial charge is 0.338 e. The molecule has 3 aromatic heterocycles. The smallest absolute Gasteiger partial charge is 0.274 e. The lowest BCUT2D eigenvalue weighted by atomic mass is 10.0. The van der Waals surface area contributed by atoms with Gasteiger partial charge < -0.3 is 9.80 Å². The van der Waals surface area contributed by atoms with Crippen molar-refractivity contribution < 1.29 is 9.18 Å². The van der Waals surface area contributed by atoms with E-state index in [1.807, 2.05) is 11.8 Å². The van der Waals surface area contributed by atoms with Gasteiger partial charge in [-0.25, -0.2) is 34.0 Å². The molecule has 1 saturated heterocycles. The predicted octanol–water partition coefficient (Wildman–Crippen LogP) is 1.94. The zero-order valence-electron chi connectivity index (χ0n) is 18.7. The fourth-order valence-corrected chi connectivity index (χ4v) is 4.16. The van der Waals surface area contributed by atoms with Crippen molar-refractivity contribution in [2.45, 2.75) is 57.8 Å². The zero-order chi connectivity index (χ0) is 22.9. The fraction of sp³-hybridized carbons (Fsp3) is 0.500. The quantitative estimate of drug-likeness (QED) is 0.560. The molecule has 11 heteroatoms. The van der Waals surface area contributed by atoms with Crippen LogP contribution in [0.3, 0.4) is 0 Å². The summed E-state index contributed by atoms with van der Waals surface area (Å²) in [5.41, 5.74) is 1.25. The van der Waals surface area contributed by atoms with Crippen molar-refractivity contribution in [1.29, 1.82) is 0 Å². The number of rotatable bonds is 6. The van der Waals surface area contributed by atoms with Gasteiger partial charge in [0.05, 0.1) is 25.0 Å². The Bertz CT molecular complexity index is 1110. The van der Waals surface area contributed by atoms with Crippen LogP contribution in [0.5, 0.6) is 0 Å². The van der Waals surface area contributed by atoms with Gasteiger partial charge in [0.15, 0.2) is 5.82 Å². The van der Waals surface area contributed by atoms with Crippen LogP contribution in [0, 0.1) is 6.92 Å². The van der Waals surface area contributed by atoms with Crippen LogP contribution in [0.4, 0.5) is 10.3 Å². The van der Waals surface area contributed by atoms with Crippen molar-refractivity contribution in [3.05, 3.63) is 48.2 Å². The highest BCUT2D eigenvalue weighted by Gasteiger charge is 2.44. The van der Waals surface area contributed by atoms with Crippen molar-refractivity contribution in [1.82, 2.24) is 39.6 Å². The molecular formula is C22H26FN9O. The summed E-state index contributed by atoms with van der Waals surface area (Å²) >= 11 is 0. The summed E-state index contributed by atoms with van der Waals surface area (Å²) in [6, 6.07) is -0.456. The number of hydrogen-bond donors (Lipinski definition) is 0. The Labute approximate surface area is 190 Å². The lowest BCUT2D eigenvalue weighted by molar-refractivity contribution is 0.0480. The van der Waals surface area contributed by atoms with E-state index in [0.717, 1.165) is 24.8 Å². The van der Waals surface area contributed by atoms with Crippen LogP contribution in [-0.4, -0.2) is 76.9 Å². The number of carbonyl (C=O) groups is 1. The van der Waals surface area contributed by atoms with Gasteiger partial charge in [0, 0.05) is 25.0 Å². The summed E-state index contributed by atoms with van der Waals surface area (Å²) in [6.07, 6.45) is 9.93. The van der Waals surface area contributed by atoms with E-state index < -0.39 is 12.2 Å². The van der Waals surface area contributed by atoms with Crippen molar-refractivity contribution in [2.75, 3.05) is 18.0 Å². The first kappa shape index (κ1) is 21.4. The van der Waals surface area contributed by atoms with Crippen LogP contribution in [-0.2, 0) is 6.42 Å². The summed E-state index contributed by atoms with van der Waals surface area (Å²) in [4.78, 5) is 38.3. The summed E-state index contributed by atoms with van der Waals surface area (Å²) in [7, 11) is 0. The molecule has 3 aromatic rings. The number of aromatic nitrogens is 7. The van der Waals surface area contributed by atoms with Gasteiger partial charge in [-0.15, -0.1) is 0 Å². The standard InChI is InChI=1S/C22H26FN9O/c1-3-15-8-26-22(27-9-15)30-7-6-19(17(23)12-30)32(16-4-5-16)21(33)18-10-25-20(11-24-18)31-13-28-14(2)29-31/h8-11,13,16-17,19H,3-7,12H2,1-2H3. The molecule has 5 rings (SSSR count). The third-order valence-electron chi connectivity index (χ3n) is 6.12. The molecule has 2 aliphatic rings. The van der Waals surface area contributed by atoms with Crippen LogP contribution in [0.15, 0.2) is 31.1 Å². The van der Waals surface area contributed by atoms with Crippen molar-refractivity contribution in [2.24, 2.45) is 0 Å². The molecule has 172 valence electrons. The topological polar surface area (TPSA) is 106 Å². The van der Waals surface area contributed by atoms with E-state index >= 15 is 4.39 Å². The highest BCUT2D eigenvalue weighted by atomic mass is 19.1. The van der Waals surface area contributed by atoms with Gasteiger partial charge in [-0.3, -0.25) is 4.79 Å². The molecule has 0 radical (unpaired) electrons. The van der Waals surface area contributed by atoms with E-state index in [9.17, 15) is 4.79 Å². The normalized spacial score (nSPS) is 20.6. The molecule has 1 aliphatic carbocycles. The number of aryl methyl sites for hydroxylation is 2. The molecule has 2 fully saturated rings. The molecule has 0 aromatic carbocycles. The number of piperidine rings is 1. The second-order valence-electron chi connectivity index (χ2n) is 8.50. The molecule has 0 N–H and O–H groups in total. The van der Waals surface area contributed by atoms with E-state index in [1.54, 1.807) is 30.5 Å². The molecule has 2 atom stereocenters. The number of anilines is 1. The maximum Gasteiger partial charge on any atom is 0.274 e. The number of nitrogens with zero attached hydrogens (tertiary/aromatic N) is 9. The Kier molecular flexibility index (Phi) is 5.69. The van der Waals surface area contributed by atoms with Gasteiger partial charge in [-0.05, 0) is 38.2 Å². The van der Waals surface area contributed by atoms with Crippen LogP contribution in [0.2, 0.25) is 0 Å². The van der Waals surface area contributed by atoms with E-state index in [2.05, 4.69) is 30.0 Å². The maximum atomic E-state index is 15.4. The number of hydrogen-bond acceptors (Lipinski definition) is 8. The van der Waals surface area contributed by atoms with Crippen molar-refractivity contribution >= 4 is 11.9 Å². The molecule has 1 amide bonds. The van der Waals surface area contributed by atoms with Crippen LogP contribution >= 0.6 is 0 Å². The lowest BCUT2D eigenvalue weighted by Crippen LogP contribution is -2.55. The predicted molar refractivity (Wildman–Crippen MR) is 118 cm³/mol.